The van der Waals surface area contributed by atoms with E-state index in [4.69, 9.17) is 14.6 Å². The summed E-state index contributed by atoms with van der Waals surface area (Å²) in [6.45, 7) is 3.32. The van der Waals surface area contributed by atoms with Crippen LogP contribution < -0.4 is 10.1 Å². The second-order valence-electron chi connectivity index (χ2n) is 11.4. The molecule has 234 valence electrons. The summed E-state index contributed by atoms with van der Waals surface area (Å²) >= 11 is 0. The highest BCUT2D eigenvalue weighted by Gasteiger charge is 2.65. The number of ether oxygens (including phenoxy) is 1. The van der Waals surface area contributed by atoms with Crippen LogP contribution in [0, 0.1) is 0 Å². The minimum absolute atomic E-state index is 0.0577. The number of hydrogen-bond donors (Lipinski definition) is 3. The molecule has 2 amide bonds. The number of aromatic nitrogens is 2. The van der Waals surface area contributed by atoms with Crippen LogP contribution in [-0.4, -0.2) is 89.4 Å². The molecule has 1 unspecified atom stereocenters. The third kappa shape index (κ3) is 5.48. The fourth-order valence-corrected chi connectivity index (χ4v) is 6.14. The van der Waals surface area contributed by atoms with Crippen LogP contribution in [0.1, 0.15) is 33.8 Å². The number of hydrogen-bond acceptors (Lipinski definition) is 6. The summed E-state index contributed by atoms with van der Waals surface area (Å²) in [6.07, 6.45) is -4.31. The van der Waals surface area contributed by atoms with Gasteiger partial charge in [-0.2, -0.15) is 18.3 Å². The average molecular weight is 622 g/mol. The van der Waals surface area contributed by atoms with E-state index in [0.29, 0.717) is 5.56 Å². The Morgan fingerprint density at radius 2 is 1.71 bits per heavy atom. The van der Waals surface area contributed by atoms with Crippen molar-refractivity contribution in [2.45, 2.75) is 23.9 Å². The van der Waals surface area contributed by atoms with Crippen LogP contribution in [0.25, 0.3) is 22.2 Å². The predicted octanol–water partition coefficient (Wildman–Crippen LogP) is 4.64. The number of H-pyrrole nitrogens is 1. The molecule has 0 bridgehead atoms. The molecule has 45 heavy (non-hydrogen) atoms. The first-order valence-electron chi connectivity index (χ1n) is 14.3. The van der Waals surface area contributed by atoms with Gasteiger partial charge in [-0.05, 0) is 61.0 Å². The molecule has 2 atom stereocenters. The number of rotatable bonds is 4. The molecule has 10 nitrogen and oxygen atoms in total. The molecule has 1 saturated carbocycles. The first-order valence-corrected chi connectivity index (χ1v) is 14.3. The van der Waals surface area contributed by atoms with Crippen molar-refractivity contribution in [1.82, 2.24) is 20.0 Å². The zero-order chi connectivity index (χ0) is 32.1. The van der Waals surface area contributed by atoms with Gasteiger partial charge in [0, 0.05) is 54.3 Å². The number of carboxylic acids is 1. The maximum absolute atomic E-state index is 13.0. The summed E-state index contributed by atoms with van der Waals surface area (Å²) in [5.41, 5.74) is 5.91. The summed E-state index contributed by atoms with van der Waals surface area (Å²) in [7, 11) is 3.73. The van der Waals surface area contributed by atoms with Gasteiger partial charge in [-0.25, -0.2) is 4.79 Å². The number of halogens is 3. The summed E-state index contributed by atoms with van der Waals surface area (Å²) in [4.78, 5) is 39.0. The Bertz CT molecular complexity index is 1800. The predicted molar refractivity (Wildman–Crippen MR) is 159 cm³/mol. The van der Waals surface area contributed by atoms with Gasteiger partial charge in [-0.1, -0.05) is 24.3 Å². The molecule has 1 spiro atoms. The monoisotopic (exact) mass is 621 g/mol. The molecule has 3 aliphatic rings. The number of nitrogens with zero attached hydrogens (tertiary/aromatic N) is 3. The van der Waals surface area contributed by atoms with Crippen molar-refractivity contribution in [3.05, 3.63) is 77.4 Å². The van der Waals surface area contributed by atoms with E-state index >= 15 is 0 Å². The molecule has 2 fully saturated rings. The molecule has 3 aromatic carbocycles. The van der Waals surface area contributed by atoms with Gasteiger partial charge in [0.2, 0.25) is 5.91 Å². The van der Waals surface area contributed by atoms with Crippen molar-refractivity contribution in [1.29, 1.82) is 0 Å². The Kier molecular flexibility index (Phi) is 7.51. The first-order chi connectivity index (χ1) is 21.4. The zero-order valence-corrected chi connectivity index (χ0v) is 24.4. The lowest BCUT2D eigenvalue weighted by atomic mass is 9.91. The SMILES string of the molecule is COc1ccc2c(c1)C1(C[C@H]1c1ccc3c(-c4ccc(C(=O)N5CCN(C)CC5)cc4)n[nH]c3c1)C(=O)N2.O=C(O)C(F)(F)F. The number of nitrogens with one attached hydrogen (secondary N) is 2. The van der Waals surface area contributed by atoms with E-state index in [0.717, 1.165) is 77.3 Å². The number of likely N-dealkylation sites (N-methyl/N-ethyl adjacent to an activating group) is 1. The normalized spacial score (nSPS) is 20.8. The summed E-state index contributed by atoms with van der Waals surface area (Å²) in [5, 5.41) is 19.0. The Labute approximate surface area is 255 Å². The van der Waals surface area contributed by atoms with E-state index in [1.165, 1.54) is 0 Å². The maximum atomic E-state index is 13.0. The third-order valence-electron chi connectivity index (χ3n) is 8.75. The zero-order valence-electron chi connectivity index (χ0n) is 24.4. The lowest BCUT2D eigenvalue weighted by Crippen LogP contribution is -2.47. The molecule has 2 aliphatic heterocycles. The highest BCUT2D eigenvalue weighted by atomic mass is 19.4. The first kappa shape index (κ1) is 30.1. The smallest absolute Gasteiger partial charge is 0.490 e. The van der Waals surface area contributed by atoms with Gasteiger partial charge in [0.05, 0.1) is 23.7 Å². The van der Waals surface area contributed by atoms with Crippen LogP contribution in [0.5, 0.6) is 5.75 Å². The van der Waals surface area contributed by atoms with E-state index in [2.05, 4.69) is 45.7 Å². The Morgan fingerprint density at radius 1 is 1.02 bits per heavy atom. The fourth-order valence-electron chi connectivity index (χ4n) is 6.14. The van der Waals surface area contributed by atoms with Gasteiger partial charge < -0.3 is 25.0 Å². The van der Waals surface area contributed by atoms with Gasteiger partial charge in [-0.3, -0.25) is 14.7 Å². The maximum Gasteiger partial charge on any atom is 0.490 e. The van der Waals surface area contributed by atoms with Gasteiger partial charge in [0.25, 0.3) is 5.91 Å². The number of benzene rings is 3. The van der Waals surface area contributed by atoms with E-state index in [9.17, 15) is 22.8 Å². The van der Waals surface area contributed by atoms with Crippen molar-refractivity contribution >= 4 is 34.4 Å². The van der Waals surface area contributed by atoms with Crippen LogP contribution in [0.4, 0.5) is 18.9 Å². The van der Waals surface area contributed by atoms with Crippen molar-refractivity contribution in [2.75, 3.05) is 45.7 Å². The second-order valence-corrected chi connectivity index (χ2v) is 11.4. The molecule has 3 N–H and O–H groups in total. The standard InChI is InChI=1S/C30H29N5O3.C2HF3O2/c1-34-11-13-35(14-12-34)28(36)19-5-3-18(4-6-19)27-22-9-7-20(15-26(22)32-33-27)24-17-30(24)23-16-21(38-2)8-10-25(23)31-29(30)37;3-2(4,5)1(6)7/h3-10,15-16,24H,11-14,17H2,1-2H3,(H,31,37)(H,32,33);(H,6,7)/t24-,30?;/m0./s1. The molecule has 3 heterocycles. The molecule has 1 aliphatic carbocycles. The lowest BCUT2D eigenvalue weighted by Gasteiger charge is -2.32. The second kappa shape index (κ2) is 11.2. The van der Waals surface area contributed by atoms with Crippen molar-refractivity contribution in [3.63, 3.8) is 0 Å². The highest BCUT2D eigenvalue weighted by Crippen LogP contribution is 2.65. The summed E-state index contributed by atoms with van der Waals surface area (Å²) < 4.78 is 37.2. The van der Waals surface area contributed by atoms with Crippen LogP contribution in [0.2, 0.25) is 0 Å². The van der Waals surface area contributed by atoms with Crippen molar-refractivity contribution < 1.29 is 37.4 Å². The van der Waals surface area contributed by atoms with E-state index < -0.39 is 17.6 Å². The number of piperazine rings is 1. The number of aliphatic carboxylic acids is 1. The Morgan fingerprint density at radius 3 is 2.36 bits per heavy atom. The highest BCUT2D eigenvalue weighted by molar-refractivity contribution is 6.10. The number of amides is 2. The molecular formula is C32H30F3N5O5. The number of aromatic amines is 1. The average Bonchev–Trinajstić information content (AvgIpc) is 3.55. The van der Waals surface area contributed by atoms with Crippen LogP contribution in [0.3, 0.4) is 0 Å². The van der Waals surface area contributed by atoms with Gasteiger partial charge in [0.1, 0.15) is 5.75 Å². The number of carbonyl (C=O) groups is 3. The van der Waals surface area contributed by atoms with Crippen molar-refractivity contribution in [3.8, 4) is 17.0 Å². The Hall–Kier alpha value is -4.91. The van der Waals surface area contributed by atoms with Gasteiger partial charge in [0.15, 0.2) is 0 Å². The number of methoxy groups -OCH3 is 1. The molecule has 0 radical (unpaired) electrons. The number of carboxylic acid groups (broad SMARTS) is 1. The quantitative estimate of drug-likeness (QED) is 0.303. The summed E-state index contributed by atoms with van der Waals surface area (Å²) in [6, 6.07) is 19.8. The largest absolute Gasteiger partial charge is 0.497 e. The number of alkyl halides is 3. The van der Waals surface area contributed by atoms with Crippen LogP contribution in [-0.2, 0) is 15.0 Å². The van der Waals surface area contributed by atoms with Crippen LogP contribution >= 0.6 is 0 Å². The minimum Gasteiger partial charge on any atom is -0.497 e. The third-order valence-corrected chi connectivity index (χ3v) is 8.75. The van der Waals surface area contributed by atoms with E-state index in [1.807, 2.05) is 47.4 Å². The van der Waals surface area contributed by atoms with Gasteiger partial charge in [-0.15, -0.1) is 0 Å². The molecule has 13 heteroatoms. The fraction of sp³-hybridized carbons (Fsp3) is 0.312. The number of fused-ring (bicyclic) bond motifs is 3. The summed E-state index contributed by atoms with van der Waals surface area (Å²) in [5.74, 6) is -1.76. The Balaban J connectivity index is 0.000000460. The number of carbonyl (C=O) groups excluding carboxylic acids is 2. The molecule has 1 aromatic heterocycles. The van der Waals surface area contributed by atoms with Crippen LogP contribution in [0.15, 0.2) is 60.7 Å². The molecular weight excluding hydrogens is 591 g/mol. The molecule has 1 saturated heterocycles. The number of anilines is 1. The topological polar surface area (TPSA) is 128 Å². The minimum atomic E-state index is -5.08. The molecule has 4 aromatic rings. The molecule has 7 rings (SSSR count). The lowest BCUT2D eigenvalue weighted by molar-refractivity contribution is -0.192. The van der Waals surface area contributed by atoms with E-state index in [1.54, 1.807) is 7.11 Å². The van der Waals surface area contributed by atoms with Gasteiger partial charge >= 0.3 is 12.1 Å². The van der Waals surface area contributed by atoms with Crippen molar-refractivity contribution in [2.24, 2.45) is 0 Å². The van der Waals surface area contributed by atoms with E-state index in [-0.39, 0.29) is 17.7 Å².